The maximum atomic E-state index is 11.6. The third kappa shape index (κ3) is 3.99. The Labute approximate surface area is 102 Å². The zero-order valence-electron chi connectivity index (χ0n) is 10.4. The highest BCUT2D eigenvalue weighted by molar-refractivity contribution is 7.91. The molecule has 0 aromatic carbocycles. The molecule has 0 unspecified atom stereocenters. The summed E-state index contributed by atoms with van der Waals surface area (Å²) in [5.74, 6) is 0.723. The molecule has 0 aliphatic carbocycles. The number of hydrogen-bond acceptors (Lipinski definition) is 5. The van der Waals surface area contributed by atoms with Crippen LogP contribution in [0.1, 0.15) is 32.4 Å². The summed E-state index contributed by atoms with van der Waals surface area (Å²) in [4.78, 5) is 0. The van der Waals surface area contributed by atoms with Crippen molar-refractivity contribution < 1.29 is 8.42 Å². The van der Waals surface area contributed by atoms with E-state index in [-0.39, 0.29) is 11.5 Å². The van der Waals surface area contributed by atoms with Crippen molar-refractivity contribution >= 4 is 15.7 Å². The van der Waals surface area contributed by atoms with Gasteiger partial charge in [0.15, 0.2) is 15.7 Å². The van der Waals surface area contributed by atoms with E-state index in [2.05, 4.69) is 10.3 Å². The number of nitrogen functional groups attached to an aromatic ring is 1. The topological polar surface area (TPSA) is 90.9 Å². The highest BCUT2D eigenvalue weighted by Gasteiger charge is 2.13. The SMILES string of the molecule is CCCc1c(N)nnn1CCS(=O)(=O)CCC. The van der Waals surface area contributed by atoms with Crippen LogP contribution in [0, 0.1) is 0 Å². The van der Waals surface area contributed by atoms with Gasteiger partial charge in [-0.05, 0) is 12.8 Å². The predicted octanol–water partition coefficient (Wildman–Crippen LogP) is 0.638. The molecular formula is C10H20N4O2S. The molecule has 98 valence electrons. The molecule has 0 saturated carbocycles. The molecule has 0 radical (unpaired) electrons. The molecule has 7 heteroatoms. The van der Waals surface area contributed by atoms with Crippen LogP contribution in [-0.2, 0) is 22.8 Å². The lowest BCUT2D eigenvalue weighted by Gasteiger charge is -2.06. The van der Waals surface area contributed by atoms with E-state index in [0.29, 0.717) is 18.8 Å². The first-order chi connectivity index (χ1) is 8.00. The second-order valence-electron chi connectivity index (χ2n) is 4.05. The standard InChI is InChI=1S/C10H20N4O2S/c1-3-5-9-10(11)12-13-14(9)6-8-17(15,16)7-4-2/h3-8,11H2,1-2H3. The van der Waals surface area contributed by atoms with Crippen molar-refractivity contribution in [3.63, 3.8) is 0 Å². The van der Waals surface area contributed by atoms with Crippen molar-refractivity contribution in [2.75, 3.05) is 17.2 Å². The van der Waals surface area contributed by atoms with Gasteiger partial charge in [-0.25, -0.2) is 13.1 Å². The minimum atomic E-state index is -2.98. The maximum absolute atomic E-state index is 11.6. The zero-order valence-corrected chi connectivity index (χ0v) is 11.2. The Bertz CT molecular complexity index is 453. The summed E-state index contributed by atoms with van der Waals surface area (Å²) in [5, 5.41) is 7.65. The minimum Gasteiger partial charge on any atom is -0.381 e. The number of anilines is 1. The molecule has 1 aromatic rings. The van der Waals surface area contributed by atoms with E-state index in [1.165, 1.54) is 0 Å². The number of nitrogens with zero attached hydrogens (tertiary/aromatic N) is 3. The normalized spacial score (nSPS) is 11.9. The molecule has 17 heavy (non-hydrogen) atoms. The minimum absolute atomic E-state index is 0.0976. The van der Waals surface area contributed by atoms with Crippen LogP contribution in [0.2, 0.25) is 0 Å². The summed E-state index contributed by atoms with van der Waals surface area (Å²) in [6, 6.07) is 0. The van der Waals surface area contributed by atoms with Crippen molar-refractivity contribution in [3.8, 4) is 0 Å². The Morgan fingerprint density at radius 3 is 2.53 bits per heavy atom. The molecule has 0 spiro atoms. The highest BCUT2D eigenvalue weighted by atomic mass is 32.2. The van der Waals surface area contributed by atoms with E-state index in [4.69, 9.17) is 5.73 Å². The molecule has 1 rings (SSSR count). The smallest absolute Gasteiger partial charge is 0.169 e. The van der Waals surface area contributed by atoms with Crippen LogP contribution < -0.4 is 5.73 Å². The molecule has 0 aliphatic rings. The van der Waals surface area contributed by atoms with Crippen LogP contribution in [0.4, 0.5) is 5.82 Å². The lowest BCUT2D eigenvalue weighted by atomic mass is 10.2. The molecule has 1 aromatic heterocycles. The first kappa shape index (κ1) is 14.0. The molecule has 0 aliphatic heterocycles. The number of rotatable bonds is 7. The fourth-order valence-electron chi connectivity index (χ4n) is 1.66. The van der Waals surface area contributed by atoms with E-state index in [1.807, 2.05) is 13.8 Å². The second-order valence-corrected chi connectivity index (χ2v) is 6.35. The Morgan fingerprint density at radius 1 is 1.24 bits per heavy atom. The molecule has 6 nitrogen and oxygen atoms in total. The Hall–Kier alpha value is -1.11. The van der Waals surface area contributed by atoms with Gasteiger partial charge in [-0.2, -0.15) is 0 Å². The number of aromatic nitrogens is 3. The first-order valence-corrected chi connectivity index (χ1v) is 7.70. The summed E-state index contributed by atoms with van der Waals surface area (Å²) < 4.78 is 24.8. The molecule has 0 saturated heterocycles. The molecule has 0 bridgehead atoms. The average Bonchev–Trinajstić information content (AvgIpc) is 2.59. The van der Waals surface area contributed by atoms with Gasteiger partial charge in [0.1, 0.15) is 0 Å². The fourth-order valence-corrected chi connectivity index (χ4v) is 2.94. The van der Waals surface area contributed by atoms with Gasteiger partial charge in [0.25, 0.3) is 0 Å². The lowest BCUT2D eigenvalue weighted by molar-refractivity contribution is 0.563. The molecule has 0 atom stereocenters. The molecule has 1 heterocycles. The third-order valence-corrected chi connectivity index (χ3v) is 4.32. The summed E-state index contributed by atoms with van der Waals surface area (Å²) in [6.45, 7) is 4.22. The van der Waals surface area contributed by atoms with Gasteiger partial charge in [-0.3, -0.25) is 0 Å². The predicted molar refractivity (Wildman–Crippen MR) is 67.4 cm³/mol. The molecular weight excluding hydrogens is 240 g/mol. The lowest BCUT2D eigenvalue weighted by Crippen LogP contribution is -2.18. The van der Waals surface area contributed by atoms with Crippen LogP contribution in [0.15, 0.2) is 0 Å². The monoisotopic (exact) mass is 260 g/mol. The van der Waals surface area contributed by atoms with E-state index in [0.717, 1.165) is 18.5 Å². The van der Waals surface area contributed by atoms with Crippen LogP contribution in [0.3, 0.4) is 0 Å². The van der Waals surface area contributed by atoms with Crippen molar-refractivity contribution in [1.82, 2.24) is 15.0 Å². The van der Waals surface area contributed by atoms with Gasteiger partial charge in [0.2, 0.25) is 0 Å². The van der Waals surface area contributed by atoms with Crippen molar-refractivity contribution in [1.29, 1.82) is 0 Å². The summed E-state index contributed by atoms with van der Waals surface area (Å²) >= 11 is 0. The van der Waals surface area contributed by atoms with E-state index >= 15 is 0 Å². The number of sulfone groups is 1. The van der Waals surface area contributed by atoms with Crippen LogP contribution in [0.5, 0.6) is 0 Å². The van der Waals surface area contributed by atoms with Crippen LogP contribution in [-0.4, -0.2) is 34.9 Å². The Kier molecular flexibility index (Phi) is 4.92. The van der Waals surface area contributed by atoms with E-state index < -0.39 is 9.84 Å². The van der Waals surface area contributed by atoms with Gasteiger partial charge < -0.3 is 5.73 Å². The summed E-state index contributed by atoms with van der Waals surface area (Å²) in [5.41, 5.74) is 6.51. The van der Waals surface area contributed by atoms with Gasteiger partial charge in [-0.15, -0.1) is 5.10 Å². The van der Waals surface area contributed by atoms with Crippen molar-refractivity contribution in [3.05, 3.63) is 5.69 Å². The highest BCUT2D eigenvalue weighted by Crippen LogP contribution is 2.10. The number of nitrogens with two attached hydrogens (primary N) is 1. The molecule has 0 fully saturated rings. The maximum Gasteiger partial charge on any atom is 0.169 e. The number of aryl methyl sites for hydroxylation is 1. The number of hydrogen-bond donors (Lipinski definition) is 1. The fraction of sp³-hybridized carbons (Fsp3) is 0.800. The average molecular weight is 260 g/mol. The largest absolute Gasteiger partial charge is 0.381 e. The van der Waals surface area contributed by atoms with Crippen molar-refractivity contribution in [2.45, 2.75) is 39.7 Å². The van der Waals surface area contributed by atoms with Gasteiger partial charge in [0.05, 0.1) is 18.0 Å². The first-order valence-electron chi connectivity index (χ1n) is 5.88. The Balaban J connectivity index is 2.69. The molecule has 2 N–H and O–H groups in total. The molecule has 0 amide bonds. The van der Waals surface area contributed by atoms with Crippen molar-refractivity contribution in [2.24, 2.45) is 0 Å². The second kappa shape index (κ2) is 6.00. The van der Waals surface area contributed by atoms with E-state index in [9.17, 15) is 8.42 Å². The summed E-state index contributed by atoms with van der Waals surface area (Å²) in [6.07, 6.45) is 2.34. The van der Waals surface area contributed by atoms with Crippen LogP contribution in [0.25, 0.3) is 0 Å². The van der Waals surface area contributed by atoms with Crippen LogP contribution >= 0.6 is 0 Å². The quantitative estimate of drug-likeness (QED) is 0.776. The van der Waals surface area contributed by atoms with Gasteiger partial charge in [-0.1, -0.05) is 25.5 Å². The van der Waals surface area contributed by atoms with E-state index in [1.54, 1.807) is 4.68 Å². The summed E-state index contributed by atoms with van der Waals surface area (Å²) in [7, 11) is -2.98. The van der Waals surface area contributed by atoms with Gasteiger partial charge in [0, 0.05) is 5.75 Å². The van der Waals surface area contributed by atoms with Gasteiger partial charge >= 0.3 is 0 Å². The third-order valence-electron chi connectivity index (χ3n) is 2.48. The Morgan fingerprint density at radius 2 is 1.94 bits per heavy atom. The zero-order chi connectivity index (χ0) is 12.9.